The van der Waals surface area contributed by atoms with Crippen molar-refractivity contribution < 1.29 is 32.3 Å². The summed E-state index contributed by atoms with van der Waals surface area (Å²) in [5, 5.41) is 9.70. The Morgan fingerprint density at radius 3 is 2.46 bits per heavy atom. The molecule has 1 saturated carbocycles. The van der Waals surface area contributed by atoms with Gasteiger partial charge in [-0.3, -0.25) is 10.1 Å². The fraction of sp³-hybridized carbons (Fsp3) is 0.400. The van der Waals surface area contributed by atoms with Crippen LogP contribution in [0.4, 0.5) is 4.79 Å². The SMILES string of the molecule is COc1ccc(C(=O)OC(C)C(=O)NC(=O)NC2CC2)cc1S(N)(=O)=O. The zero-order valence-corrected chi connectivity index (χ0v) is 15.0. The monoisotopic (exact) mass is 385 g/mol. The summed E-state index contributed by atoms with van der Waals surface area (Å²) in [6, 6.07) is 2.89. The summed E-state index contributed by atoms with van der Waals surface area (Å²) in [6.45, 7) is 1.28. The van der Waals surface area contributed by atoms with Gasteiger partial charge >= 0.3 is 12.0 Å². The van der Waals surface area contributed by atoms with Gasteiger partial charge in [0.2, 0.25) is 10.0 Å². The predicted octanol–water partition coefficient (Wildman–Crippen LogP) is -0.124. The van der Waals surface area contributed by atoms with Gasteiger partial charge in [-0.15, -0.1) is 0 Å². The van der Waals surface area contributed by atoms with E-state index in [9.17, 15) is 22.8 Å². The van der Waals surface area contributed by atoms with Gasteiger partial charge in [-0.1, -0.05) is 0 Å². The Morgan fingerprint density at radius 2 is 1.92 bits per heavy atom. The molecular weight excluding hydrogens is 366 g/mol. The van der Waals surface area contributed by atoms with Gasteiger partial charge in [0.15, 0.2) is 6.10 Å². The second kappa shape index (κ2) is 7.70. The summed E-state index contributed by atoms with van der Waals surface area (Å²) in [5.74, 6) is -1.80. The Bertz CT molecular complexity index is 834. The smallest absolute Gasteiger partial charge is 0.338 e. The van der Waals surface area contributed by atoms with Crippen LogP contribution < -0.4 is 20.5 Å². The first-order valence-corrected chi connectivity index (χ1v) is 9.19. The fourth-order valence-electron chi connectivity index (χ4n) is 1.97. The molecule has 0 aromatic heterocycles. The number of benzene rings is 1. The molecule has 0 aliphatic heterocycles. The average Bonchev–Trinajstić information content (AvgIpc) is 3.36. The van der Waals surface area contributed by atoms with E-state index in [1.54, 1.807) is 0 Å². The van der Waals surface area contributed by atoms with Crippen molar-refractivity contribution in [2.75, 3.05) is 7.11 Å². The van der Waals surface area contributed by atoms with E-state index in [0.29, 0.717) is 0 Å². The van der Waals surface area contributed by atoms with Crippen molar-refractivity contribution in [3.05, 3.63) is 23.8 Å². The van der Waals surface area contributed by atoms with E-state index in [1.807, 2.05) is 0 Å². The average molecular weight is 385 g/mol. The summed E-state index contributed by atoms with van der Waals surface area (Å²) >= 11 is 0. The standard InChI is InChI=1S/C15H19N3O7S/c1-8(13(19)18-15(21)17-10-4-5-10)25-14(20)9-3-6-11(24-2)12(7-9)26(16,22)23/h3,6-8,10H,4-5H2,1-2H3,(H2,16,22,23)(H2,17,18,19,21). The lowest BCUT2D eigenvalue weighted by atomic mass is 10.2. The molecule has 10 nitrogen and oxygen atoms in total. The van der Waals surface area contributed by atoms with E-state index in [4.69, 9.17) is 14.6 Å². The molecule has 1 atom stereocenters. The van der Waals surface area contributed by atoms with Crippen LogP contribution in [0, 0.1) is 0 Å². The third-order valence-corrected chi connectivity index (χ3v) is 4.44. The summed E-state index contributed by atoms with van der Waals surface area (Å²) in [6.07, 6.45) is 0.443. The van der Waals surface area contributed by atoms with E-state index in [2.05, 4.69) is 10.6 Å². The number of sulfonamides is 1. The van der Waals surface area contributed by atoms with Gasteiger partial charge in [0, 0.05) is 6.04 Å². The minimum atomic E-state index is -4.13. The van der Waals surface area contributed by atoms with Gasteiger partial charge in [-0.05, 0) is 38.0 Å². The second-order valence-corrected chi connectivity index (χ2v) is 7.23. The number of nitrogens with two attached hydrogens (primary N) is 1. The minimum absolute atomic E-state index is 0.0356. The van der Waals surface area contributed by atoms with Crippen molar-refractivity contribution in [2.24, 2.45) is 5.14 Å². The van der Waals surface area contributed by atoms with Crippen LogP contribution in [-0.2, 0) is 19.6 Å². The molecule has 1 aromatic rings. The van der Waals surface area contributed by atoms with Gasteiger partial charge in [0.25, 0.3) is 5.91 Å². The van der Waals surface area contributed by atoms with Gasteiger partial charge in [0.05, 0.1) is 12.7 Å². The minimum Gasteiger partial charge on any atom is -0.495 e. The van der Waals surface area contributed by atoms with E-state index >= 15 is 0 Å². The van der Waals surface area contributed by atoms with E-state index < -0.39 is 38.9 Å². The lowest BCUT2D eigenvalue weighted by Crippen LogP contribution is -2.45. The molecule has 3 amide bonds. The van der Waals surface area contributed by atoms with Crippen molar-refractivity contribution in [1.82, 2.24) is 10.6 Å². The van der Waals surface area contributed by atoms with Gasteiger partial charge in [-0.2, -0.15) is 0 Å². The maximum Gasteiger partial charge on any atom is 0.338 e. The molecule has 1 unspecified atom stereocenters. The number of primary sulfonamides is 1. The van der Waals surface area contributed by atoms with Crippen LogP contribution in [0.1, 0.15) is 30.1 Å². The number of amides is 3. The number of methoxy groups -OCH3 is 1. The zero-order valence-electron chi connectivity index (χ0n) is 14.1. The molecule has 11 heteroatoms. The van der Waals surface area contributed by atoms with Crippen LogP contribution in [0.3, 0.4) is 0 Å². The molecule has 0 heterocycles. The lowest BCUT2D eigenvalue weighted by Gasteiger charge is -2.14. The number of ether oxygens (including phenoxy) is 2. The summed E-state index contributed by atoms with van der Waals surface area (Å²) < 4.78 is 33.0. The first-order chi connectivity index (χ1) is 12.1. The molecule has 0 radical (unpaired) electrons. The zero-order chi connectivity index (χ0) is 19.5. The molecule has 1 aliphatic rings. The Hall–Kier alpha value is -2.66. The number of nitrogens with one attached hydrogen (secondary N) is 2. The van der Waals surface area contributed by atoms with Gasteiger partial charge < -0.3 is 14.8 Å². The van der Waals surface area contributed by atoms with Crippen LogP contribution in [-0.4, -0.2) is 45.6 Å². The molecule has 26 heavy (non-hydrogen) atoms. The molecule has 1 fully saturated rings. The topological polar surface area (TPSA) is 154 Å². The van der Waals surface area contributed by atoms with Crippen molar-refractivity contribution in [2.45, 2.75) is 36.8 Å². The number of rotatable bonds is 6. The first kappa shape index (κ1) is 19.7. The van der Waals surface area contributed by atoms with Crippen molar-refractivity contribution in [3.8, 4) is 5.75 Å². The molecule has 1 aromatic carbocycles. The van der Waals surface area contributed by atoms with Crippen LogP contribution >= 0.6 is 0 Å². The maximum absolute atomic E-state index is 12.1. The highest BCUT2D eigenvalue weighted by Gasteiger charge is 2.26. The quantitative estimate of drug-likeness (QED) is 0.577. The number of carbonyl (C=O) groups is 3. The summed E-state index contributed by atoms with van der Waals surface area (Å²) in [4.78, 5) is 35.1. The molecular formula is C15H19N3O7S. The van der Waals surface area contributed by atoms with Crippen LogP contribution in [0.25, 0.3) is 0 Å². The first-order valence-electron chi connectivity index (χ1n) is 7.65. The Morgan fingerprint density at radius 1 is 1.27 bits per heavy atom. The van der Waals surface area contributed by atoms with Crippen LogP contribution in [0.5, 0.6) is 5.75 Å². The number of urea groups is 1. The van der Waals surface area contributed by atoms with E-state index in [0.717, 1.165) is 18.9 Å². The van der Waals surface area contributed by atoms with Crippen molar-refractivity contribution in [1.29, 1.82) is 0 Å². The molecule has 0 bridgehead atoms. The van der Waals surface area contributed by atoms with Gasteiger partial charge in [0.1, 0.15) is 10.6 Å². The molecule has 142 valence electrons. The molecule has 1 aliphatic carbocycles. The Labute approximate surface area is 150 Å². The molecule has 2 rings (SSSR count). The van der Waals surface area contributed by atoms with Crippen molar-refractivity contribution >= 4 is 27.9 Å². The highest BCUT2D eigenvalue weighted by molar-refractivity contribution is 7.89. The molecule has 4 N–H and O–H groups in total. The highest BCUT2D eigenvalue weighted by atomic mass is 32.2. The highest BCUT2D eigenvalue weighted by Crippen LogP contribution is 2.24. The summed E-state index contributed by atoms with van der Waals surface area (Å²) in [7, 11) is -2.88. The third-order valence-electron chi connectivity index (χ3n) is 3.51. The number of esters is 1. The number of hydrogen-bond donors (Lipinski definition) is 3. The third kappa shape index (κ3) is 5.17. The molecule has 0 saturated heterocycles. The van der Waals surface area contributed by atoms with E-state index in [-0.39, 0.29) is 17.4 Å². The largest absolute Gasteiger partial charge is 0.495 e. The maximum atomic E-state index is 12.1. The van der Waals surface area contributed by atoms with Crippen LogP contribution in [0.2, 0.25) is 0 Å². The normalized spacial score (nSPS) is 14.9. The van der Waals surface area contributed by atoms with Gasteiger partial charge in [-0.25, -0.2) is 23.1 Å². The predicted molar refractivity (Wildman–Crippen MR) is 88.9 cm³/mol. The van der Waals surface area contributed by atoms with Crippen molar-refractivity contribution in [3.63, 3.8) is 0 Å². The number of carbonyl (C=O) groups excluding carboxylic acids is 3. The Kier molecular flexibility index (Phi) is 5.83. The Balaban J connectivity index is 2.04. The lowest BCUT2D eigenvalue weighted by molar-refractivity contribution is -0.127. The number of imide groups is 1. The summed E-state index contributed by atoms with van der Waals surface area (Å²) in [5.41, 5.74) is -0.142. The molecule has 0 spiro atoms. The van der Waals surface area contributed by atoms with Crippen LogP contribution in [0.15, 0.2) is 23.1 Å². The second-order valence-electron chi connectivity index (χ2n) is 5.70. The fourth-order valence-corrected chi connectivity index (χ4v) is 2.69. The van der Waals surface area contributed by atoms with E-state index in [1.165, 1.54) is 26.2 Å². The number of hydrogen-bond acceptors (Lipinski definition) is 7.